The van der Waals surface area contributed by atoms with E-state index in [1.807, 2.05) is 42.5 Å². The number of aromatic nitrogens is 1. The minimum Gasteiger partial charge on any atom is -0.490 e. The zero-order valence-corrected chi connectivity index (χ0v) is 32.8. The topological polar surface area (TPSA) is 56.0 Å². The summed E-state index contributed by atoms with van der Waals surface area (Å²) >= 11 is 9.54. The number of para-hydroxylation sites is 3. The van der Waals surface area contributed by atoms with Crippen molar-refractivity contribution in [1.29, 1.82) is 0 Å². The third-order valence-electron chi connectivity index (χ3n) is 4.85. The van der Waals surface area contributed by atoms with Crippen molar-refractivity contribution in [2.45, 2.75) is 19.4 Å². The van der Waals surface area contributed by atoms with Crippen molar-refractivity contribution in [3.63, 3.8) is 0 Å². The van der Waals surface area contributed by atoms with Crippen LogP contribution >= 0.6 is 98.4 Å². The molecule has 0 amide bonds. The average Bonchev–Trinajstić information content (AvgIpc) is 3.66. The van der Waals surface area contributed by atoms with Crippen LogP contribution in [0.5, 0.6) is 17.2 Å². The van der Waals surface area contributed by atoms with Gasteiger partial charge in [0.15, 0.2) is 11.5 Å². The fourth-order valence-electron chi connectivity index (χ4n) is 3.29. The first-order valence-electron chi connectivity index (χ1n) is 10.7. The Kier molecular flexibility index (Phi) is 20.6. The minimum absolute atomic E-state index is 0. The van der Waals surface area contributed by atoms with Gasteiger partial charge in [0.05, 0.1) is 25.8 Å². The number of rotatable bonds is 7. The van der Waals surface area contributed by atoms with Gasteiger partial charge in [-0.2, -0.15) is 0 Å². The molecule has 1 saturated heterocycles. The van der Waals surface area contributed by atoms with Gasteiger partial charge >= 0.3 is 50.5 Å². The number of aromatic amines is 1. The molecule has 1 aliphatic rings. The second-order valence-corrected chi connectivity index (χ2v) is 23.4. The van der Waals surface area contributed by atoms with E-state index in [2.05, 4.69) is 111 Å². The van der Waals surface area contributed by atoms with Crippen LogP contribution in [0, 0.1) is 0 Å². The second kappa shape index (κ2) is 21.0. The Balaban J connectivity index is 0.000000316. The standard InChI is InChI=1S/C15H13NO2.C10H14O2.I3.I2.HI/c1-2-5-12-11(4-1)15-13(16-12)6-3-7-14(15)18-9-10-8-17-10;1-3-8-12-10-7-5-4-6-9(10)11-2;1-3-2;1-2;/h1-7,10,16H,8-9H2;4-7H,3,8H2,1-2H3;;;1H/q;;-1;;. The van der Waals surface area contributed by atoms with E-state index in [4.69, 9.17) is 18.9 Å². The van der Waals surface area contributed by atoms with Gasteiger partial charge in [0.1, 0.15) is 18.5 Å². The fourth-order valence-corrected chi connectivity index (χ4v) is 3.29. The number of ether oxygens (including phenoxy) is 4. The maximum atomic E-state index is 5.86. The van der Waals surface area contributed by atoms with Crippen LogP contribution in [0.4, 0.5) is 0 Å². The molecule has 4 aromatic rings. The Bertz CT molecular complexity index is 1140. The average molecular weight is 1170 g/mol. The molecule has 200 valence electrons. The number of fused-ring (bicyclic) bond motifs is 3. The smallest absolute Gasteiger partial charge is 0.129 e. The van der Waals surface area contributed by atoms with E-state index in [0.717, 1.165) is 53.3 Å². The number of halogens is 6. The minimum atomic E-state index is 0. The summed E-state index contributed by atoms with van der Waals surface area (Å²) in [5.41, 5.74) is 2.26. The number of hydrogen-bond acceptors (Lipinski definition) is 4. The molecule has 1 fully saturated rings. The predicted octanol–water partition coefficient (Wildman–Crippen LogP) is 6.75. The summed E-state index contributed by atoms with van der Waals surface area (Å²) in [4.78, 5) is 3.41. The summed E-state index contributed by atoms with van der Waals surface area (Å²) in [6.07, 6.45) is 1.29. The molecule has 0 radical (unpaired) electrons. The molecule has 2 heterocycles. The third kappa shape index (κ3) is 11.7. The Labute approximate surface area is 283 Å². The van der Waals surface area contributed by atoms with Crippen molar-refractivity contribution in [3.05, 3.63) is 66.7 Å². The number of nitrogens with one attached hydrogen (secondary N) is 1. The molecule has 11 heteroatoms. The van der Waals surface area contributed by atoms with Crippen LogP contribution in [0.3, 0.4) is 0 Å². The van der Waals surface area contributed by atoms with Crippen molar-refractivity contribution in [2.24, 2.45) is 0 Å². The van der Waals surface area contributed by atoms with E-state index < -0.39 is 0 Å². The molecule has 5 nitrogen and oxygen atoms in total. The van der Waals surface area contributed by atoms with E-state index in [-0.39, 0.29) is 30.1 Å². The van der Waals surface area contributed by atoms with Gasteiger partial charge in [-0.25, -0.2) is 0 Å². The molecular weight excluding hydrogens is 1140 g/mol. The van der Waals surface area contributed by atoms with E-state index in [1.165, 1.54) is 5.39 Å². The first-order chi connectivity index (χ1) is 17.2. The van der Waals surface area contributed by atoms with Crippen LogP contribution in [0.25, 0.3) is 21.8 Å². The molecule has 1 aliphatic heterocycles. The van der Waals surface area contributed by atoms with Gasteiger partial charge in [-0.3, -0.25) is 0 Å². The van der Waals surface area contributed by atoms with Crippen LogP contribution in [0.2, 0.25) is 0 Å². The largest absolute Gasteiger partial charge is 0.490 e. The maximum Gasteiger partial charge on any atom is 0.129 e. The third-order valence-corrected chi connectivity index (χ3v) is 4.85. The van der Waals surface area contributed by atoms with E-state index in [1.54, 1.807) is 7.11 Å². The molecule has 0 bridgehead atoms. The first kappa shape index (κ1) is 35.2. The maximum absolute atomic E-state index is 5.86. The monoisotopic (exact) mass is 1170 g/mol. The summed E-state index contributed by atoms with van der Waals surface area (Å²) in [7, 11) is 1.65. The van der Waals surface area contributed by atoms with Gasteiger partial charge in [0.25, 0.3) is 0 Å². The molecule has 3 aromatic carbocycles. The van der Waals surface area contributed by atoms with Gasteiger partial charge in [-0.1, -0.05) is 43.3 Å². The summed E-state index contributed by atoms with van der Waals surface area (Å²) in [6.45, 7) is 4.28. The first-order valence-corrected chi connectivity index (χ1v) is 29.6. The molecule has 0 aliphatic carbocycles. The molecule has 1 aromatic heterocycles. The Morgan fingerprint density at radius 3 is 2.11 bits per heavy atom. The Morgan fingerprint density at radius 2 is 1.47 bits per heavy atom. The molecule has 1 N–H and O–H groups in total. The SMILES string of the molecule is CCCOc1ccccc1OC.I.II.I[I-]I.c1ccc2c(c1)[nH]c1cccc(OCC3CO3)c12. The van der Waals surface area contributed by atoms with Crippen LogP contribution in [-0.4, -0.2) is 38.0 Å². The Morgan fingerprint density at radius 1 is 0.889 bits per heavy atom. The van der Waals surface area contributed by atoms with Crippen molar-refractivity contribution in [1.82, 2.24) is 4.98 Å². The number of hydrogen-bond donors (Lipinski definition) is 1. The van der Waals surface area contributed by atoms with Gasteiger partial charge in [-0.05, 0) is 36.8 Å². The number of methoxy groups -OCH3 is 1. The van der Waals surface area contributed by atoms with Crippen LogP contribution in [0.15, 0.2) is 66.7 Å². The number of epoxide rings is 1. The molecule has 1 unspecified atom stereocenters. The van der Waals surface area contributed by atoms with Crippen molar-refractivity contribution >= 4 is 120 Å². The fraction of sp³-hybridized carbons (Fsp3) is 0.280. The summed E-state index contributed by atoms with van der Waals surface area (Å²) < 4.78 is 21.6. The zero-order valence-electron chi connectivity index (χ0n) is 19.7. The van der Waals surface area contributed by atoms with E-state index in [0.29, 0.717) is 19.9 Å². The predicted molar refractivity (Wildman–Crippen MR) is 191 cm³/mol. The van der Waals surface area contributed by atoms with Gasteiger partial charge in [0.2, 0.25) is 0 Å². The molecule has 0 saturated carbocycles. The van der Waals surface area contributed by atoms with Crippen LogP contribution < -0.4 is 27.5 Å². The van der Waals surface area contributed by atoms with Gasteiger partial charge in [-0.15, -0.1) is 24.0 Å². The summed E-state index contributed by atoms with van der Waals surface area (Å²) in [5, 5.41) is 2.37. The zero-order chi connectivity index (χ0) is 25.5. The summed E-state index contributed by atoms with van der Waals surface area (Å²) in [5.74, 6) is 2.55. The molecular formula is C25H28I6NO4-. The van der Waals surface area contributed by atoms with Gasteiger partial charge in [0, 0.05) is 53.5 Å². The Hall–Kier alpha value is 1.20. The molecule has 36 heavy (non-hydrogen) atoms. The van der Waals surface area contributed by atoms with E-state index in [9.17, 15) is 0 Å². The number of benzene rings is 3. The van der Waals surface area contributed by atoms with Crippen molar-refractivity contribution in [3.8, 4) is 17.2 Å². The number of H-pyrrole nitrogens is 1. The molecule has 0 spiro atoms. The second-order valence-electron chi connectivity index (χ2n) is 7.17. The van der Waals surface area contributed by atoms with Crippen LogP contribution in [-0.2, 0) is 4.74 Å². The van der Waals surface area contributed by atoms with Crippen LogP contribution in [0.1, 0.15) is 13.3 Å². The molecule has 1 atom stereocenters. The normalized spacial score (nSPS) is 13.1. The van der Waals surface area contributed by atoms with Crippen molar-refractivity contribution < 1.29 is 32.2 Å². The quantitative estimate of drug-likeness (QED) is 0.165. The van der Waals surface area contributed by atoms with Crippen molar-refractivity contribution in [2.75, 3.05) is 26.9 Å². The van der Waals surface area contributed by atoms with Gasteiger partial charge < -0.3 is 23.9 Å². The molecule has 5 rings (SSSR count). The van der Waals surface area contributed by atoms with E-state index >= 15 is 0 Å². The summed E-state index contributed by atoms with van der Waals surface area (Å²) in [6, 6.07) is 22.1.